The van der Waals surface area contributed by atoms with E-state index in [0.717, 1.165) is 17.2 Å². The van der Waals surface area contributed by atoms with Crippen LogP contribution in [0.1, 0.15) is 17.2 Å². The molecule has 0 spiro atoms. The van der Waals surface area contributed by atoms with Crippen LogP contribution in [0.5, 0.6) is 0 Å². The SMILES string of the molecule is O=[N+]([O-])c1cc(NC2CSCc3ccccc32)ccc1Br. The molecule has 21 heavy (non-hydrogen) atoms. The summed E-state index contributed by atoms with van der Waals surface area (Å²) in [5.74, 6) is 1.98. The summed E-state index contributed by atoms with van der Waals surface area (Å²) < 4.78 is 0.497. The van der Waals surface area contributed by atoms with E-state index in [1.165, 1.54) is 11.1 Å². The van der Waals surface area contributed by atoms with E-state index in [9.17, 15) is 10.1 Å². The predicted molar refractivity (Wildman–Crippen MR) is 89.8 cm³/mol. The maximum Gasteiger partial charge on any atom is 0.285 e. The van der Waals surface area contributed by atoms with Crippen LogP contribution in [-0.4, -0.2) is 10.7 Å². The Hall–Kier alpha value is -1.53. The Morgan fingerprint density at radius 3 is 2.90 bits per heavy atom. The quantitative estimate of drug-likeness (QED) is 0.630. The highest BCUT2D eigenvalue weighted by molar-refractivity contribution is 9.10. The summed E-state index contributed by atoms with van der Waals surface area (Å²) in [4.78, 5) is 10.6. The molecule has 4 nitrogen and oxygen atoms in total. The lowest BCUT2D eigenvalue weighted by Gasteiger charge is -2.26. The van der Waals surface area contributed by atoms with Crippen molar-refractivity contribution in [3.05, 3.63) is 68.2 Å². The lowest BCUT2D eigenvalue weighted by molar-refractivity contribution is -0.385. The summed E-state index contributed by atoms with van der Waals surface area (Å²) in [6.45, 7) is 0. The average molecular weight is 365 g/mol. The summed E-state index contributed by atoms with van der Waals surface area (Å²) >= 11 is 5.08. The molecule has 0 aliphatic carbocycles. The Labute approximate surface area is 135 Å². The summed E-state index contributed by atoms with van der Waals surface area (Å²) in [7, 11) is 0. The average Bonchev–Trinajstić information content (AvgIpc) is 2.49. The Balaban J connectivity index is 1.88. The molecular weight excluding hydrogens is 352 g/mol. The fourth-order valence-corrected chi connectivity index (χ4v) is 3.94. The van der Waals surface area contributed by atoms with Crippen LogP contribution >= 0.6 is 27.7 Å². The topological polar surface area (TPSA) is 55.2 Å². The number of nitro benzene ring substituents is 1. The van der Waals surface area contributed by atoms with Crippen molar-refractivity contribution in [2.75, 3.05) is 11.1 Å². The minimum atomic E-state index is -0.376. The first-order valence-corrected chi connectivity index (χ1v) is 8.46. The highest BCUT2D eigenvalue weighted by atomic mass is 79.9. The maximum atomic E-state index is 11.0. The molecule has 1 aliphatic rings. The van der Waals surface area contributed by atoms with Gasteiger partial charge in [0.25, 0.3) is 5.69 Å². The van der Waals surface area contributed by atoms with Crippen molar-refractivity contribution in [1.29, 1.82) is 0 Å². The smallest absolute Gasteiger partial charge is 0.285 e. The van der Waals surface area contributed by atoms with Crippen molar-refractivity contribution in [1.82, 2.24) is 0 Å². The molecular formula is C15H13BrN2O2S. The number of halogens is 1. The summed E-state index contributed by atoms with van der Waals surface area (Å²) in [6, 6.07) is 13.7. The molecule has 1 atom stereocenters. The highest BCUT2D eigenvalue weighted by Gasteiger charge is 2.21. The second-order valence-electron chi connectivity index (χ2n) is 4.83. The van der Waals surface area contributed by atoms with Crippen LogP contribution in [0, 0.1) is 10.1 Å². The number of hydrogen-bond donors (Lipinski definition) is 1. The van der Waals surface area contributed by atoms with Crippen LogP contribution < -0.4 is 5.32 Å². The third-order valence-corrected chi connectivity index (χ3v) is 5.21. The number of hydrogen-bond acceptors (Lipinski definition) is 4. The number of fused-ring (bicyclic) bond motifs is 1. The van der Waals surface area contributed by atoms with Gasteiger partial charge in [0.2, 0.25) is 0 Å². The van der Waals surface area contributed by atoms with Gasteiger partial charge in [0.15, 0.2) is 0 Å². The van der Waals surface area contributed by atoms with Crippen molar-refractivity contribution >= 4 is 39.1 Å². The number of nitrogens with one attached hydrogen (secondary N) is 1. The van der Waals surface area contributed by atoms with E-state index in [1.807, 2.05) is 30.0 Å². The maximum absolute atomic E-state index is 11.0. The fourth-order valence-electron chi connectivity index (χ4n) is 2.45. The molecule has 1 unspecified atom stereocenters. The monoisotopic (exact) mass is 364 g/mol. The molecule has 2 aromatic carbocycles. The first-order chi connectivity index (χ1) is 10.1. The Bertz CT molecular complexity index is 693. The van der Waals surface area contributed by atoms with Crippen LogP contribution in [-0.2, 0) is 5.75 Å². The van der Waals surface area contributed by atoms with Crippen LogP contribution in [0.25, 0.3) is 0 Å². The molecule has 6 heteroatoms. The number of nitrogens with zero attached hydrogens (tertiary/aromatic N) is 1. The van der Waals surface area contributed by atoms with E-state index in [0.29, 0.717) is 4.47 Å². The van der Waals surface area contributed by atoms with Gasteiger partial charge >= 0.3 is 0 Å². The van der Waals surface area contributed by atoms with Crippen LogP contribution in [0.4, 0.5) is 11.4 Å². The zero-order valence-electron chi connectivity index (χ0n) is 11.1. The number of benzene rings is 2. The minimum absolute atomic E-state index is 0.0803. The van der Waals surface area contributed by atoms with E-state index >= 15 is 0 Å². The van der Waals surface area contributed by atoms with Crippen LogP contribution in [0.2, 0.25) is 0 Å². The third-order valence-electron chi connectivity index (χ3n) is 3.46. The lowest BCUT2D eigenvalue weighted by atomic mass is 10.0. The zero-order chi connectivity index (χ0) is 14.8. The standard InChI is InChI=1S/C15H13BrN2O2S/c16-13-6-5-11(7-15(13)18(19)20)17-14-9-21-8-10-3-1-2-4-12(10)14/h1-7,14,17H,8-9H2. The van der Waals surface area contributed by atoms with Gasteiger partial charge in [-0.25, -0.2) is 0 Å². The van der Waals surface area contributed by atoms with Gasteiger partial charge in [-0.3, -0.25) is 10.1 Å². The summed E-state index contributed by atoms with van der Waals surface area (Å²) in [6.07, 6.45) is 0. The lowest BCUT2D eigenvalue weighted by Crippen LogP contribution is -2.18. The van der Waals surface area contributed by atoms with Crippen LogP contribution in [0.15, 0.2) is 46.9 Å². The minimum Gasteiger partial charge on any atom is -0.377 e. The molecule has 3 rings (SSSR count). The molecule has 1 heterocycles. The Morgan fingerprint density at radius 2 is 2.10 bits per heavy atom. The van der Waals surface area contributed by atoms with Crippen molar-refractivity contribution < 1.29 is 4.92 Å². The van der Waals surface area contributed by atoms with Gasteiger partial charge in [0.05, 0.1) is 15.4 Å². The normalized spacial score (nSPS) is 17.1. The number of thioether (sulfide) groups is 1. The van der Waals surface area contributed by atoms with Gasteiger partial charge in [0.1, 0.15) is 0 Å². The molecule has 0 fully saturated rings. The van der Waals surface area contributed by atoms with E-state index in [-0.39, 0.29) is 16.7 Å². The van der Waals surface area contributed by atoms with E-state index in [1.54, 1.807) is 12.1 Å². The summed E-state index contributed by atoms with van der Waals surface area (Å²) in [5.41, 5.74) is 3.46. The van der Waals surface area contributed by atoms with Gasteiger partial charge in [-0.05, 0) is 39.2 Å². The molecule has 0 saturated carbocycles. The van der Waals surface area contributed by atoms with E-state index in [2.05, 4.69) is 33.4 Å². The van der Waals surface area contributed by atoms with Crippen molar-refractivity contribution in [3.63, 3.8) is 0 Å². The molecule has 1 aliphatic heterocycles. The van der Waals surface area contributed by atoms with Gasteiger partial charge in [-0.2, -0.15) is 11.8 Å². The van der Waals surface area contributed by atoms with E-state index in [4.69, 9.17) is 0 Å². The second-order valence-corrected chi connectivity index (χ2v) is 6.72. The van der Waals surface area contributed by atoms with Crippen molar-refractivity contribution in [3.8, 4) is 0 Å². The van der Waals surface area contributed by atoms with Crippen molar-refractivity contribution in [2.24, 2.45) is 0 Å². The molecule has 0 radical (unpaired) electrons. The first-order valence-electron chi connectivity index (χ1n) is 6.51. The van der Waals surface area contributed by atoms with Gasteiger partial charge in [0, 0.05) is 23.3 Å². The molecule has 0 saturated heterocycles. The molecule has 108 valence electrons. The number of nitro groups is 1. The summed E-state index contributed by atoms with van der Waals surface area (Å²) in [5, 5.41) is 14.4. The fraction of sp³-hybridized carbons (Fsp3) is 0.200. The Morgan fingerprint density at radius 1 is 1.29 bits per heavy atom. The van der Waals surface area contributed by atoms with Gasteiger partial charge in [-0.15, -0.1) is 0 Å². The third kappa shape index (κ3) is 3.06. The van der Waals surface area contributed by atoms with Crippen molar-refractivity contribution in [2.45, 2.75) is 11.8 Å². The first kappa shape index (κ1) is 14.4. The molecule has 0 aromatic heterocycles. The number of anilines is 1. The Kier molecular flexibility index (Phi) is 4.17. The largest absolute Gasteiger partial charge is 0.377 e. The van der Waals surface area contributed by atoms with Gasteiger partial charge in [-0.1, -0.05) is 24.3 Å². The molecule has 1 N–H and O–H groups in total. The molecule has 2 aromatic rings. The van der Waals surface area contributed by atoms with E-state index < -0.39 is 0 Å². The van der Waals surface area contributed by atoms with Gasteiger partial charge < -0.3 is 5.32 Å². The highest BCUT2D eigenvalue weighted by Crippen LogP contribution is 2.35. The zero-order valence-corrected chi connectivity index (χ0v) is 13.5. The molecule has 0 bridgehead atoms. The predicted octanol–water partition coefficient (Wildman–Crippen LogP) is 4.76. The molecule has 0 amide bonds. The number of rotatable bonds is 3. The second kappa shape index (κ2) is 6.07. The van der Waals surface area contributed by atoms with Crippen LogP contribution in [0.3, 0.4) is 0 Å².